The molecule has 0 aliphatic carbocycles. The van der Waals surface area contributed by atoms with Crippen molar-refractivity contribution in [3.05, 3.63) is 9.14 Å². The van der Waals surface area contributed by atoms with Crippen LogP contribution in [0.2, 0.25) is 0 Å². The van der Waals surface area contributed by atoms with Crippen molar-refractivity contribution in [3.63, 3.8) is 0 Å². The van der Waals surface area contributed by atoms with E-state index in [0.717, 1.165) is 0 Å². The fraction of sp³-hybridized carbons (Fsp3) is 0.250. The summed E-state index contributed by atoms with van der Waals surface area (Å²) in [5.74, 6) is 0. The summed E-state index contributed by atoms with van der Waals surface area (Å²) in [7, 11) is 0. The van der Waals surface area contributed by atoms with Gasteiger partial charge >= 0.3 is 91.5 Å². The van der Waals surface area contributed by atoms with Gasteiger partial charge in [-0.15, -0.1) is 0 Å². The van der Waals surface area contributed by atoms with Crippen LogP contribution in [0.3, 0.4) is 0 Å². The van der Waals surface area contributed by atoms with Crippen molar-refractivity contribution in [2.45, 2.75) is 13.8 Å². The van der Waals surface area contributed by atoms with Gasteiger partial charge in [0.1, 0.15) is 0 Å². The van der Waals surface area contributed by atoms with Gasteiger partial charge in [-0.2, -0.15) is 0 Å². The zero-order valence-electron chi connectivity index (χ0n) is 7.12. The van der Waals surface area contributed by atoms with E-state index in [-0.39, 0.29) is 0 Å². The number of hydrogen-bond donors (Lipinski definition) is 0. The second-order valence-corrected chi connectivity index (χ2v) is 8.86. The maximum absolute atomic E-state index is 4.54. The third kappa shape index (κ3) is 1.19. The molecule has 0 spiro atoms. The van der Waals surface area contributed by atoms with Crippen molar-refractivity contribution >= 4 is 58.5 Å². The van der Waals surface area contributed by atoms with Crippen molar-refractivity contribution < 1.29 is 0 Å². The van der Waals surface area contributed by atoms with Crippen molar-refractivity contribution in [2.24, 2.45) is 0 Å². The number of hydrogen-bond acceptors (Lipinski definition) is 3. The molecule has 0 amide bonds. The Bertz CT molecular complexity index is 539. The van der Waals surface area contributed by atoms with Crippen LogP contribution in [0.25, 0.3) is 18.2 Å². The molecule has 0 aromatic carbocycles. The van der Waals surface area contributed by atoms with E-state index >= 15 is 0 Å². The van der Waals surface area contributed by atoms with Gasteiger partial charge in [0.25, 0.3) is 0 Å². The van der Waals surface area contributed by atoms with E-state index in [0.29, 0.717) is 29.0 Å². The molecule has 0 N–H and O–H groups in total. The fourth-order valence-corrected chi connectivity index (χ4v) is 7.86. The van der Waals surface area contributed by atoms with Crippen LogP contribution in [0.15, 0.2) is 0 Å². The summed E-state index contributed by atoms with van der Waals surface area (Å²) in [5, 5.41) is 0. The van der Waals surface area contributed by atoms with Gasteiger partial charge in [0, 0.05) is 0 Å². The van der Waals surface area contributed by atoms with Crippen LogP contribution in [0.1, 0.15) is 9.14 Å². The van der Waals surface area contributed by atoms with Gasteiger partial charge in [-0.3, -0.25) is 0 Å². The third-order valence-corrected chi connectivity index (χ3v) is 8.17. The third-order valence-electron chi connectivity index (χ3n) is 1.81. The molecule has 3 aromatic heterocycles. The molecule has 13 heavy (non-hydrogen) atoms. The predicted molar refractivity (Wildman–Crippen MR) is 58.3 cm³/mol. The molecule has 0 atom stereocenters. The van der Waals surface area contributed by atoms with Gasteiger partial charge in [-0.05, 0) is 0 Å². The van der Waals surface area contributed by atoms with Crippen molar-refractivity contribution in [2.75, 3.05) is 0 Å². The Morgan fingerprint density at radius 1 is 0.923 bits per heavy atom. The number of rotatable bonds is 0. The van der Waals surface area contributed by atoms with Crippen LogP contribution in [0, 0.1) is 13.8 Å². The summed E-state index contributed by atoms with van der Waals surface area (Å²) in [6.45, 7) is 4.27. The molecule has 0 unspecified atom stereocenters. The molecule has 5 heteroatoms. The molecule has 2 nitrogen and oxygen atoms in total. The number of aryl methyl sites for hydroxylation is 2. The first-order valence-corrected chi connectivity index (χ1v) is 8.11. The molecular formula is C8H6N2SSe2. The fourth-order valence-electron chi connectivity index (χ4n) is 1.33. The van der Waals surface area contributed by atoms with Crippen LogP contribution < -0.4 is 0 Å². The topological polar surface area (TPSA) is 25.8 Å². The average Bonchev–Trinajstić information content (AvgIpc) is 2.60. The van der Waals surface area contributed by atoms with Gasteiger partial charge in [0.2, 0.25) is 0 Å². The van der Waals surface area contributed by atoms with Crippen molar-refractivity contribution in [3.8, 4) is 0 Å². The molecule has 3 aromatic rings. The Morgan fingerprint density at radius 3 is 1.85 bits per heavy atom. The summed E-state index contributed by atoms with van der Waals surface area (Å²) in [4.78, 5) is 11.6. The van der Waals surface area contributed by atoms with Gasteiger partial charge in [-0.25, -0.2) is 0 Å². The van der Waals surface area contributed by atoms with Gasteiger partial charge < -0.3 is 0 Å². The summed E-state index contributed by atoms with van der Waals surface area (Å²) in [6.07, 6.45) is 0. The number of nitrogens with zero attached hydrogens (tertiary/aromatic N) is 2. The first-order chi connectivity index (χ1) is 6.24. The van der Waals surface area contributed by atoms with Crippen molar-refractivity contribution in [1.82, 2.24) is 9.97 Å². The Hall–Kier alpha value is 0.0790. The Balaban J connectivity index is 2.56. The number of aromatic nitrogens is 2. The van der Waals surface area contributed by atoms with Crippen LogP contribution in [-0.4, -0.2) is 39.0 Å². The van der Waals surface area contributed by atoms with Gasteiger partial charge in [-0.1, -0.05) is 0 Å². The average molecular weight is 320 g/mol. The van der Waals surface area contributed by atoms with E-state index in [2.05, 4.69) is 23.8 Å². The molecule has 0 saturated heterocycles. The van der Waals surface area contributed by atoms with Crippen LogP contribution in [-0.2, 0) is 0 Å². The van der Waals surface area contributed by atoms with Crippen LogP contribution in [0.4, 0.5) is 0 Å². The molecule has 3 rings (SSSR count). The van der Waals surface area contributed by atoms with E-state index in [9.17, 15) is 0 Å². The van der Waals surface area contributed by atoms with E-state index in [1.54, 1.807) is 11.3 Å². The number of fused-ring (bicyclic) bond motifs is 3. The predicted octanol–water partition coefficient (Wildman–Crippen LogP) is 1.58. The molecule has 0 radical (unpaired) electrons. The normalized spacial score (nSPS) is 11.8. The minimum absolute atomic E-state index is 0.501. The van der Waals surface area contributed by atoms with Crippen molar-refractivity contribution in [1.29, 1.82) is 0 Å². The summed E-state index contributed by atoms with van der Waals surface area (Å²) >= 11 is 2.78. The number of thiophene rings is 1. The molecule has 0 fully saturated rings. The standard InChI is InChI=1S/C8H6N2SSe2/c1-3-9-7-5(12-3)6-8(11-7)10-4(2)13-6/h1-2H3. The SMILES string of the molecule is Cc1nc2sc3nc(C)[se]c3c2[se]1. The monoisotopic (exact) mass is 322 g/mol. The summed E-state index contributed by atoms with van der Waals surface area (Å²) in [6, 6.07) is 0. The minimum atomic E-state index is 0.501. The zero-order chi connectivity index (χ0) is 9.00. The van der Waals surface area contributed by atoms with E-state index in [4.69, 9.17) is 0 Å². The first-order valence-electron chi connectivity index (χ1n) is 3.87. The van der Waals surface area contributed by atoms with Gasteiger partial charge in [0.05, 0.1) is 0 Å². The molecule has 0 aliphatic heterocycles. The van der Waals surface area contributed by atoms with E-state index < -0.39 is 0 Å². The molecule has 0 bridgehead atoms. The van der Waals surface area contributed by atoms with Crippen LogP contribution in [0.5, 0.6) is 0 Å². The molecule has 0 saturated carbocycles. The molecule has 66 valence electrons. The Labute approximate surface area is 91.1 Å². The quantitative estimate of drug-likeness (QED) is 0.588. The van der Waals surface area contributed by atoms with E-state index in [1.165, 1.54) is 27.3 Å². The summed E-state index contributed by atoms with van der Waals surface area (Å²) < 4.78 is 5.70. The molecule has 3 heterocycles. The first kappa shape index (κ1) is 8.39. The second kappa shape index (κ2) is 2.78. The second-order valence-electron chi connectivity index (χ2n) is 2.84. The van der Waals surface area contributed by atoms with E-state index in [1.807, 2.05) is 0 Å². The molecular weight excluding hydrogens is 314 g/mol. The zero-order valence-corrected chi connectivity index (χ0v) is 11.4. The maximum atomic E-state index is 4.54. The molecule has 0 aliphatic rings. The summed E-state index contributed by atoms with van der Waals surface area (Å²) in [5.41, 5.74) is 0. The van der Waals surface area contributed by atoms with Gasteiger partial charge in [0.15, 0.2) is 0 Å². The van der Waals surface area contributed by atoms with Crippen LogP contribution >= 0.6 is 11.3 Å². The Morgan fingerprint density at radius 2 is 1.38 bits per heavy atom. The Kier molecular flexibility index (Phi) is 1.80.